The molecule has 0 atom stereocenters. The van der Waals surface area contributed by atoms with E-state index in [0.29, 0.717) is 17.1 Å². The van der Waals surface area contributed by atoms with Gasteiger partial charge in [-0.25, -0.2) is 4.79 Å². The molecule has 0 spiro atoms. The molecule has 158 valence electrons. The van der Waals surface area contributed by atoms with Crippen LogP contribution in [0.1, 0.15) is 57.5 Å². The first-order valence-electron chi connectivity index (χ1n) is 10.1. The summed E-state index contributed by atoms with van der Waals surface area (Å²) in [5, 5.41) is 0.620. The highest BCUT2D eigenvalue weighted by molar-refractivity contribution is 8.18. The van der Waals surface area contributed by atoms with E-state index in [1.807, 2.05) is 26.8 Å². The number of hydrogen-bond acceptors (Lipinski definition) is 6. The summed E-state index contributed by atoms with van der Waals surface area (Å²) in [6, 6.07) is 1.99. The van der Waals surface area contributed by atoms with E-state index >= 15 is 0 Å². The maximum Gasteiger partial charge on any atom is 0.341 e. The topological polar surface area (TPSA) is 68.6 Å². The Kier molecular flexibility index (Phi) is 5.63. The van der Waals surface area contributed by atoms with Gasteiger partial charge in [-0.1, -0.05) is 0 Å². The minimum Gasteiger partial charge on any atom is -0.462 e. The van der Waals surface area contributed by atoms with Crippen molar-refractivity contribution in [1.29, 1.82) is 0 Å². The first-order chi connectivity index (χ1) is 14.3. The van der Waals surface area contributed by atoms with Crippen LogP contribution in [0.25, 0.3) is 11.1 Å². The smallest absolute Gasteiger partial charge is 0.341 e. The highest BCUT2D eigenvalue weighted by atomic mass is 32.2. The van der Waals surface area contributed by atoms with Crippen molar-refractivity contribution in [3.63, 3.8) is 0 Å². The monoisotopic (exact) mass is 444 g/mol. The number of likely N-dealkylation sites (N-methyl/N-ethyl adjacent to an activating group) is 1. The van der Waals surface area contributed by atoms with E-state index in [1.54, 1.807) is 17.4 Å². The third-order valence-electron chi connectivity index (χ3n) is 5.58. The minimum absolute atomic E-state index is 0.268. The van der Waals surface area contributed by atoms with E-state index in [4.69, 9.17) is 4.74 Å². The number of amides is 2. The van der Waals surface area contributed by atoms with Crippen LogP contribution >= 0.6 is 23.1 Å². The first kappa shape index (κ1) is 20.9. The van der Waals surface area contributed by atoms with Gasteiger partial charge in [0.25, 0.3) is 11.1 Å². The summed E-state index contributed by atoms with van der Waals surface area (Å²) < 4.78 is 7.48. The lowest BCUT2D eigenvalue weighted by atomic mass is 9.95. The van der Waals surface area contributed by atoms with Crippen LogP contribution in [-0.4, -0.2) is 40.2 Å². The quantitative estimate of drug-likeness (QED) is 0.497. The van der Waals surface area contributed by atoms with Crippen molar-refractivity contribution in [2.75, 3.05) is 13.7 Å². The number of nitrogens with zero attached hydrogens (tertiary/aromatic N) is 2. The number of fused-ring (bicyclic) bond motifs is 1. The van der Waals surface area contributed by atoms with Gasteiger partial charge in [-0.3, -0.25) is 14.5 Å². The lowest BCUT2D eigenvalue weighted by molar-refractivity contribution is -0.121. The number of carbonyl (C=O) groups is 3. The molecule has 1 aliphatic heterocycles. The van der Waals surface area contributed by atoms with Crippen molar-refractivity contribution < 1.29 is 19.1 Å². The molecule has 2 aromatic rings. The molecule has 0 radical (unpaired) electrons. The third-order valence-corrected chi connectivity index (χ3v) is 7.82. The number of esters is 1. The predicted molar refractivity (Wildman–Crippen MR) is 119 cm³/mol. The Morgan fingerprint density at radius 3 is 2.63 bits per heavy atom. The number of thioether (sulfide) groups is 1. The number of aromatic nitrogens is 1. The largest absolute Gasteiger partial charge is 0.462 e. The van der Waals surface area contributed by atoms with Crippen molar-refractivity contribution in [3.8, 4) is 5.00 Å². The Hall–Kier alpha value is -2.32. The molecule has 1 fully saturated rings. The van der Waals surface area contributed by atoms with Gasteiger partial charge in [0.15, 0.2) is 0 Å². The molecule has 30 heavy (non-hydrogen) atoms. The molecule has 2 aliphatic rings. The highest BCUT2D eigenvalue weighted by Crippen LogP contribution is 2.40. The molecule has 0 bridgehead atoms. The number of aryl methyl sites for hydroxylation is 2. The predicted octanol–water partition coefficient (Wildman–Crippen LogP) is 4.88. The van der Waals surface area contributed by atoms with Crippen LogP contribution in [-0.2, 0) is 22.4 Å². The number of thiophene rings is 1. The van der Waals surface area contributed by atoms with Gasteiger partial charge in [0.05, 0.1) is 17.1 Å². The summed E-state index contributed by atoms with van der Waals surface area (Å²) in [4.78, 5) is 39.8. The van der Waals surface area contributed by atoms with Gasteiger partial charge in [0, 0.05) is 23.3 Å². The number of imide groups is 1. The van der Waals surface area contributed by atoms with E-state index in [-0.39, 0.29) is 17.1 Å². The van der Waals surface area contributed by atoms with Crippen LogP contribution < -0.4 is 0 Å². The summed E-state index contributed by atoms with van der Waals surface area (Å²) in [5.41, 5.74) is 4.57. The fraction of sp³-hybridized carbons (Fsp3) is 0.409. The molecular weight excluding hydrogens is 420 g/mol. The second kappa shape index (κ2) is 8.07. The van der Waals surface area contributed by atoms with Gasteiger partial charge in [-0.2, -0.15) is 0 Å². The number of rotatable bonds is 4. The fourth-order valence-electron chi connectivity index (χ4n) is 4.06. The van der Waals surface area contributed by atoms with Gasteiger partial charge in [0.2, 0.25) is 0 Å². The molecule has 0 N–H and O–H groups in total. The summed E-state index contributed by atoms with van der Waals surface area (Å²) >= 11 is 2.61. The molecule has 4 rings (SSSR count). The van der Waals surface area contributed by atoms with Crippen LogP contribution in [0.3, 0.4) is 0 Å². The molecule has 8 heteroatoms. The lowest BCUT2D eigenvalue weighted by Gasteiger charge is -2.13. The van der Waals surface area contributed by atoms with Crippen molar-refractivity contribution in [1.82, 2.24) is 9.47 Å². The Morgan fingerprint density at radius 2 is 1.97 bits per heavy atom. The van der Waals surface area contributed by atoms with Crippen LogP contribution in [0.2, 0.25) is 0 Å². The number of ether oxygens (including phenoxy) is 1. The van der Waals surface area contributed by atoms with Crippen LogP contribution in [0, 0.1) is 13.8 Å². The fourth-order valence-corrected chi connectivity index (χ4v) is 6.36. The van der Waals surface area contributed by atoms with E-state index in [1.165, 1.54) is 11.9 Å². The Balaban J connectivity index is 1.83. The number of carbonyl (C=O) groups excluding carboxylic acids is 3. The zero-order valence-electron chi connectivity index (χ0n) is 17.5. The van der Waals surface area contributed by atoms with Crippen LogP contribution in [0.15, 0.2) is 11.0 Å². The normalized spacial score (nSPS) is 17.7. The first-order valence-corrected chi connectivity index (χ1v) is 11.7. The van der Waals surface area contributed by atoms with Crippen LogP contribution in [0.4, 0.5) is 4.79 Å². The Morgan fingerprint density at radius 1 is 1.23 bits per heavy atom. The second-order valence-corrected chi connectivity index (χ2v) is 9.59. The second-order valence-electron chi connectivity index (χ2n) is 7.51. The Labute approximate surface area is 183 Å². The van der Waals surface area contributed by atoms with E-state index in [9.17, 15) is 14.4 Å². The maximum atomic E-state index is 12.9. The molecule has 6 nitrogen and oxygen atoms in total. The summed E-state index contributed by atoms with van der Waals surface area (Å²) in [6.45, 7) is 6.12. The molecule has 2 amide bonds. The van der Waals surface area contributed by atoms with Gasteiger partial charge in [-0.05, 0) is 81.5 Å². The molecule has 1 saturated heterocycles. The third kappa shape index (κ3) is 3.41. The maximum absolute atomic E-state index is 12.9. The van der Waals surface area contributed by atoms with Gasteiger partial charge in [-0.15, -0.1) is 11.3 Å². The molecule has 0 unspecified atom stereocenters. The lowest BCUT2D eigenvalue weighted by Crippen LogP contribution is -2.22. The average Bonchev–Trinajstić information content (AvgIpc) is 3.30. The number of hydrogen-bond donors (Lipinski definition) is 0. The summed E-state index contributed by atoms with van der Waals surface area (Å²) in [7, 11) is 1.49. The molecule has 1 aliphatic carbocycles. The standard InChI is InChI=1S/C22H24N2O4S2/c1-5-28-21(26)18-15-8-6-7-9-16(15)29-20(18)24-12(2)10-14(13(24)3)11-17-19(25)23(4)22(27)30-17/h10-11H,5-9H2,1-4H3/b17-11-. The summed E-state index contributed by atoms with van der Waals surface area (Å²) in [6.07, 6.45) is 5.87. The Bertz CT molecular complexity index is 1090. The van der Waals surface area contributed by atoms with Gasteiger partial charge < -0.3 is 9.30 Å². The summed E-state index contributed by atoms with van der Waals surface area (Å²) in [5.74, 6) is -0.554. The highest BCUT2D eigenvalue weighted by Gasteiger charge is 2.33. The molecule has 2 aromatic heterocycles. The van der Waals surface area contributed by atoms with E-state index in [0.717, 1.165) is 69.9 Å². The minimum atomic E-state index is -0.284. The zero-order valence-corrected chi connectivity index (χ0v) is 19.2. The van der Waals surface area contributed by atoms with E-state index < -0.39 is 0 Å². The van der Waals surface area contributed by atoms with Crippen molar-refractivity contribution in [3.05, 3.63) is 43.9 Å². The molecule has 0 aromatic carbocycles. The van der Waals surface area contributed by atoms with Crippen molar-refractivity contribution >= 4 is 46.3 Å². The zero-order chi connectivity index (χ0) is 21.6. The van der Waals surface area contributed by atoms with Gasteiger partial charge in [0.1, 0.15) is 5.00 Å². The molecule has 0 saturated carbocycles. The molecule has 3 heterocycles. The van der Waals surface area contributed by atoms with Crippen molar-refractivity contribution in [2.24, 2.45) is 0 Å². The molecular formula is C22H24N2O4S2. The van der Waals surface area contributed by atoms with Crippen molar-refractivity contribution in [2.45, 2.75) is 46.5 Å². The van der Waals surface area contributed by atoms with Gasteiger partial charge >= 0.3 is 5.97 Å². The van der Waals surface area contributed by atoms with E-state index in [2.05, 4.69) is 4.57 Å². The van der Waals surface area contributed by atoms with Crippen LogP contribution in [0.5, 0.6) is 0 Å². The average molecular weight is 445 g/mol. The SMILES string of the molecule is CCOC(=O)c1c(-n2c(C)cc(/C=C3\SC(=O)N(C)C3=O)c2C)sc2c1CCCC2.